The number of rotatable bonds is 1. The van der Waals surface area contributed by atoms with Gasteiger partial charge < -0.3 is 5.32 Å². The number of pyridine rings is 1. The Hall–Kier alpha value is -1.12. The molecule has 0 bridgehead atoms. The molecule has 0 atom stereocenters. The molecule has 1 N–H and O–H groups in total. The molecule has 2 aromatic rings. The van der Waals surface area contributed by atoms with Crippen molar-refractivity contribution in [2.45, 2.75) is 34.6 Å². The Bertz CT molecular complexity index is 652. The molecular formula is C22H24ClN3Ru+. The first kappa shape index (κ1) is 22.2. The van der Waals surface area contributed by atoms with Crippen LogP contribution >= 0.6 is 9.69 Å². The maximum atomic E-state index is 4.57. The third-order valence-corrected chi connectivity index (χ3v) is 5.14. The SMILES string of the molecule is C[C]1[C](C)[C](C)[C](C)[C]1C.[C]1Nc2ccccc2N1c1ccccn1.[Cl][Ru+]. The zero-order chi connectivity index (χ0) is 20.0. The van der Waals surface area contributed by atoms with Crippen molar-refractivity contribution in [3.05, 3.63) is 84.9 Å². The molecule has 1 aromatic carbocycles. The molecule has 7 radical (unpaired) electrons. The third kappa shape index (κ3) is 5.03. The molecule has 141 valence electrons. The predicted octanol–water partition coefficient (Wildman–Crippen LogP) is 6.30. The molecule has 0 spiro atoms. The summed E-state index contributed by atoms with van der Waals surface area (Å²) in [5.74, 6) is 8.21. The molecule has 1 aliphatic heterocycles. The number of hydrogen-bond acceptors (Lipinski definition) is 3. The number of fused-ring (bicyclic) bond motifs is 1. The zero-order valence-electron chi connectivity index (χ0n) is 16.2. The van der Waals surface area contributed by atoms with E-state index in [0.29, 0.717) is 0 Å². The van der Waals surface area contributed by atoms with Gasteiger partial charge in [0.15, 0.2) is 0 Å². The van der Waals surface area contributed by atoms with Crippen molar-refractivity contribution in [1.82, 2.24) is 4.98 Å². The standard InChI is InChI=1S/C12H9N3.C10H15.ClH.Ru/c1-2-6-11-10(5-1)14-9-15(11)12-7-3-4-8-13-12;1-6-7(2)9(4)10(5)8(6)3;;/h1-8,14H;1-5H3;1H;/q;;;+2/p-1. The van der Waals surface area contributed by atoms with Crippen molar-refractivity contribution < 1.29 is 17.3 Å². The normalized spacial score (nSPS) is 18.3. The van der Waals surface area contributed by atoms with Crippen LogP contribution in [0.25, 0.3) is 0 Å². The summed E-state index contributed by atoms with van der Waals surface area (Å²) in [5.41, 5.74) is 2.14. The average molecular weight is 467 g/mol. The molecular weight excluding hydrogens is 443 g/mol. The van der Waals surface area contributed by atoms with Gasteiger partial charge in [0.25, 0.3) is 0 Å². The van der Waals surface area contributed by atoms with E-state index >= 15 is 0 Å². The number of hydrogen-bond donors (Lipinski definition) is 1. The van der Waals surface area contributed by atoms with Crippen LogP contribution in [0.2, 0.25) is 0 Å². The molecule has 0 amide bonds. The number of nitrogens with one attached hydrogen (secondary N) is 1. The number of benzene rings is 1. The molecule has 3 nitrogen and oxygen atoms in total. The van der Waals surface area contributed by atoms with Crippen molar-refractivity contribution in [3.8, 4) is 0 Å². The van der Waals surface area contributed by atoms with Crippen LogP contribution in [0, 0.1) is 36.3 Å². The second-order valence-electron chi connectivity index (χ2n) is 6.40. The van der Waals surface area contributed by atoms with Gasteiger partial charge in [0, 0.05) is 6.20 Å². The monoisotopic (exact) mass is 467 g/mol. The predicted molar refractivity (Wildman–Crippen MR) is 110 cm³/mol. The van der Waals surface area contributed by atoms with Gasteiger partial charge in [-0.2, -0.15) is 0 Å². The molecule has 1 aliphatic carbocycles. The van der Waals surface area contributed by atoms with Crippen LogP contribution < -0.4 is 10.2 Å². The summed E-state index contributed by atoms with van der Waals surface area (Å²) in [6.07, 6.45) is 1.78. The van der Waals surface area contributed by atoms with E-state index in [4.69, 9.17) is 0 Å². The number of anilines is 3. The Morgan fingerprint density at radius 3 is 1.85 bits per heavy atom. The Balaban J connectivity index is 0.000000191. The first-order valence-corrected chi connectivity index (χ1v) is 10.9. The van der Waals surface area contributed by atoms with Gasteiger partial charge in [-0.1, -0.05) is 52.8 Å². The second kappa shape index (κ2) is 10.4. The van der Waals surface area contributed by atoms with E-state index in [9.17, 15) is 0 Å². The molecule has 1 aromatic heterocycles. The number of halogens is 1. The van der Waals surface area contributed by atoms with Crippen LogP contribution in [-0.4, -0.2) is 4.98 Å². The summed E-state index contributed by atoms with van der Waals surface area (Å²) in [5, 5.41) is 3.08. The first-order chi connectivity index (χ1) is 13.0. The van der Waals surface area contributed by atoms with Crippen molar-refractivity contribution in [2.24, 2.45) is 0 Å². The van der Waals surface area contributed by atoms with Crippen LogP contribution in [0.5, 0.6) is 0 Å². The summed E-state index contributed by atoms with van der Waals surface area (Å²) >= 11 is 1.82. The van der Waals surface area contributed by atoms with Gasteiger partial charge in [0.2, 0.25) is 6.67 Å². The topological polar surface area (TPSA) is 28.2 Å². The minimum absolute atomic E-state index is 0.870. The Morgan fingerprint density at radius 2 is 1.33 bits per heavy atom. The van der Waals surface area contributed by atoms with Crippen molar-refractivity contribution in [3.63, 3.8) is 0 Å². The van der Waals surface area contributed by atoms with Crippen molar-refractivity contribution in [2.75, 3.05) is 10.2 Å². The fraction of sp³-hybridized carbons (Fsp3) is 0.227. The number of para-hydroxylation sites is 2. The fourth-order valence-electron chi connectivity index (χ4n) is 3.02. The fourth-order valence-corrected chi connectivity index (χ4v) is 3.02. The van der Waals surface area contributed by atoms with Crippen molar-refractivity contribution in [1.29, 1.82) is 0 Å². The quantitative estimate of drug-likeness (QED) is 0.500. The van der Waals surface area contributed by atoms with Crippen LogP contribution in [0.1, 0.15) is 34.6 Å². The molecule has 5 heteroatoms. The van der Waals surface area contributed by atoms with E-state index in [2.05, 4.69) is 61.3 Å². The van der Waals surface area contributed by atoms with Gasteiger partial charge in [0.1, 0.15) is 5.82 Å². The van der Waals surface area contributed by atoms with Crippen LogP contribution in [0.15, 0.2) is 48.7 Å². The van der Waals surface area contributed by atoms with Gasteiger partial charge in [-0.25, -0.2) is 4.98 Å². The van der Waals surface area contributed by atoms with Crippen LogP contribution in [0.3, 0.4) is 0 Å². The molecule has 2 aliphatic rings. The summed E-state index contributed by atoms with van der Waals surface area (Å²) in [6.45, 7) is 14.1. The average Bonchev–Trinajstić information content (AvgIpc) is 3.23. The number of aromatic nitrogens is 1. The minimum atomic E-state index is 0.870. The van der Waals surface area contributed by atoms with Crippen LogP contribution in [-0.2, 0) is 17.3 Å². The van der Waals surface area contributed by atoms with Gasteiger partial charge in [-0.05, 0) is 53.9 Å². The maximum absolute atomic E-state index is 4.57. The Labute approximate surface area is 178 Å². The van der Waals surface area contributed by atoms with E-state index in [1.54, 1.807) is 6.20 Å². The molecule has 4 rings (SSSR count). The zero-order valence-corrected chi connectivity index (χ0v) is 18.7. The van der Waals surface area contributed by atoms with Gasteiger partial charge >= 0.3 is 27.0 Å². The van der Waals surface area contributed by atoms with E-state index in [0.717, 1.165) is 17.2 Å². The van der Waals surface area contributed by atoms with Gasteiger partial charge in [-0.15, -0.1) is 0 Å². The summed E-state index contributed by atoms with van der Waals surface area (Å²) in [7, 11) is 4.57. The molecule has 27 heavy (non-hydrogen) atoms. The molecule has 1 saturated carbocycles. The van der Waals surface area contributed by atoms with E-state index in [1.165, 1.54) is 29.6 Å². The van der Waals surface area contributed by atoms with E-state index in [1.807, 2.05) is 64.7 Å². The summed E-state index contributed by atoms with van der Waals surface area (Å²) in [6, 6.07) is 13.9. The Morgan fingerprint density at radius 1 is 0.815 bits per heavy atom. The van der Waals surface area contributed by atoms with Gasteiger partial charge in [0.05, 0.1) is 11.4 Å². The van der Waals surface area contributed by atoms with E-state index in [-0.39, 0.29) is 0 Å². The van der Waals surface area contributed by atoms with Crippen LogP contribution in [0.4, 0.5) is 17.2 Å². The van der Waals surface area contributed by atoms with Gasteiger partial charge in [-0.3, -0.25) is 4.90 Å². The molecule has 0 unspecified atom stereocenters. The summed E-state index contributed by atoms with van der Waals surface area (Å²) in [4.78, 5) is 6.20. The van der Waals surface area contributed by atoms with E-state index < -0.39 is 0 Å². The third-order valence-electron chi connectivity index (χ3n) is 5.14. The Kier molecular flexibility index (Phi) is 8.57. The molecule has 1 fully saturated rings. The first-order valence-electron chi connectivity index (χ1n) is 8.65. The van der Waals surface area contributed by atoms with Crippen molar-refractivity contribution >= 4 is 26.9 Å². The second-order valence-corrected chi connectivity index (χ2v) is 6.40. The molecule has 2 heterocycles. The number of nitrogens with zero attached hydrogens (tertiary/aromatic N) is 2. The summed E-state index contributed by atoms with van der Waals surface area (Å²) < 4.78 is 0. The molecule has 0 saturated heterocycles.